The Morgan fingerprint density at radius 2 is 2.14 bits per heavy atom. The Hall–Kier alpha value is -1.36. The Labute approximate surface area is 88.5 Å². The fourth-order valence-corrected chi connectivity index (χ4v) is 1.56. The Morgan fingerprint density at radius 1 is 1.36 bits per heavy atom. The average Bonchev–Trinajstić information content (AvgIpc) is 2.56. The highest BCUT2D eigenvalue weighted by Crippen LogP contribution is 2.21. The number of nitrogens with two attached hydrogens (primary N) is 1. The summed E-state index contributed by atoms with van der Waals surface area (Å²) >= 11 is 3.31. The second-order valence-corrected chi connectivity index (χ2v) is 3.64. The summed E-state index contributed by atoms with van der Waals surface area (Å²) in [4.78, 5) is 0. The minimum absolute atomic E-state index is 0.308. The Bertz CT molecular complexity index is 467. The molecule has 0 aliphatic carbocycles. The van der Waals surface area contributed by atoms with Gasteiger partial charge in [0.1, 0.15) is 11.6 Å². The largest absolute Gasteiger partial charge is 0.382 e. The molecule has 0 unspecified atom stereocenters. The molecule has 0 spiro atoms. The van der Waals surface area contributed by atoms with Crippen molar-refractivity contribution < 1.29 is 4.39 Å². The molecular formula is C9H7BrFN3. The monoisotopic (exact) mass is 255 g/mol. The van der Waals surface area contributed by atoms with Gasteiger partial charge in [-0.1, -0.05) is 0 Å². The van der Waals surface area contributed by atoms with Crippen molar-refractivity contribution in [3.63, 3.8) is 0 Å². The maximum absolute atomic E-state index is 12.9. The molecule has 2 aromatic rings. The molecular weight excluding hydrogens is 249 g/mol. The lowest BCUT2D eigenvalue weighted by molar-refractivity contribution is 0.625. The van der Waals surface area contributed by atoms with Crippen LogP contribution in [0.3, 0.4) is 0 Å². The first-order valence-electron chi connectivity index (χ1n) is 3.93. The van der Waals surface area contributed by atoms with Crippen LogP contribution in [-0.2, 0) is 0 Å². The number of nitrogen functional groups attached to an aromatic ring is 1. The van der Waals surface area contributed by atoms with Crippen molar-refractivity contribution in [1.82, 2.24) is 9.78 Å². The molecule has 1 heterocycles. The van der Waals surface area contributed by atoms with Gasteiger partial charge in [-0.2, -0.15) is 5.10 Å². The summed E-state index contributed by atoms with van der Waals surface area (Å²) in [5.74, 6) is 0.0958. The molecule has 0 aliphatic heterocycles. The molecule has 0 saturated carbocycles. The predicted octanol–water partition coefficient (Wildman–Crippen LogP) is 2.36. The Balaban J connectivity index is 2.55. The van der Waals surface area contributed by atoms with E-state index in [4.69, 9.17) is 5.73 Å². The zero-order valence-corrected chi connectivity index (χ0v) is 8.70. The summed E-state index contributed by atoms with van der Waals surface area (Å²) in [7, 11) is 0. The van der Waals surface area contributed by atoms with Crippen molar-refractivity contribution >= 4 is 21.7 Å². The van der Waals surface area contributed by atoms with Gasteiger partial charge < -0.3 is 5.73 Å². The molecule has 3 nitrogen and oxygen atoms in total. The van der Waals surface area contributed by atoms with Crippen molar-refractivity contribution in [1.29, 1.82) is 0 Å². The third-order valence-electron chi connectivity index (χ3n) is 1.76. The molecule has 72 valence electrons. The second-order valence-electron chi connectivity index (χ2n) is 2.78. The van der Waals surface area contributed by atoms with Crippen LogP contribution in [-0.4, -0.2) is 9.78 Å². The maximum atomic E-state index is 12.9. The van der Waals surface area contributed by atoms with Crippen molar-refractivity contribution in [3.05, 3.63) is 40.8 Å². The van der Waals surface area contributed by atoms with Gasteiger partial charge >= 0.3 is 0 Å². The third kappa shape index (κ3) is 1.63. The quantitative estimate of drug-likeness (QED) is 0.851. The van der Waals surface area contributed by atoms with Gasteiger partial charge in [0.05, 0.1) is 5.69 Å². The first kappa shape index (κ1) is 9.21. The summed E-state index contributed by atoms with van der Waals surface area (Å²) in [6.07, 6.45) is 1.68. The highest BCUT2D eigenvalue weighted by Gasteiger charge is 2.04. The fraction of sp³-hybridized carbons (Fsp3) is 0. The van der Waals surface area contributed by atoms with E-state index in [-0.39, 0.29) is 5.82 Å². The molecule has 0 bridgehead atoms. The topological polar surface area (TPSA) is 43.8 Å². The summed E-state index contributed by atoms with van der Waals surface area (Å²) in [6.45, 7) is 0. The van der Waals surface area contributed by atoms with E-state index in [2.05, 4.69) is 21.0 Å². The number of benzene rings is 1. The third-order valence-corrected chi connectivity index (χ3v) is 2.44. The van der Waals surface area contributed by atoms with Gasteiger partial charge in [-0.3, -0.25) is 0 Å². The van der Waals surface area contributed by atoms with E-state index >= 15 is 0 Å². The van der Waals surface area contributed by atoms with Crippen LogP contribution < -0.4 is 5.73 Å². The van der Waals surface area contributed by atoms with E-state index in [1.807, 2.05) is 0 Å². The molecule has 0 radical (unpaired) electrons. The number of hydrogen-bond acceptors (Lipinski definition) is 2. The normalized spacial score (nSPS) is 10.4. The van der Waals surface area contributed by atoms with Crippen LogP contribution in [0, 0.1) is 5.82 Å². The van der Waals surface area contributed by atoms with E-state index in [1.54, 1.807) is 18.3 Å². The molecule has 1 aromatic carbocycles. The Morgan fingerprint density at radius 3 is 2.79 bits per heavy atom. The van der Waals surface area contributed by atoms with Crippen LogP contribution in [0.25, 0.3) is 5.69 Å². The number of rotatable bonds is 1. The van der Waals surface area contributed by atoms with E-state index in [1.165, 1.54) is 16.8 Å². The van der Waals surface area contributed by atoms with E-state index in [0.717, 1.165) is 4.47 Å². The second kappa shape index (κ2) is 3.42. The van der Waals surface area contributed by atoms with E-state index in [0.29, 0.717) is 11.5 Å². The van der Waals surface area contributed by atoms with Gasteiger partial charge in [-0.05, 0) is 28.1 Å². The van der Waals surface area contributed by atoms with Crippen LogP contribution in [0.15, 0.2) is 34.9 Å². The van der Waals surface area contributed by atoms with Crippen molar-refractivity contribution in [2.75, 3.05) is 5.73 Å². The van der Waals surface area contributed by atoms with Crippen molar-refractivity contribution in [2.45, 2.75) is 0 Å². The van der Waals surface area contributed by atoms with Gasteiger partial charge in [0.2, 0.25) is 0 Å². The predicted molar refractivity (Wildman–Crippen MR) is 55.6 cm³/mol. The van der Waals surface area contributed by atoms with E-state index < -0.39 is 0 Å². The van der Waals surface area contributed by atoms with Crippen LogP contribution >= 0.6 is 15.9 Å². The molecule has 5 heteroatoms. The molecule has 2 N–H and O–H groups in total. The molecule has 0 saturated heterocycles. The minimum Gasteiger partial charge on any atom is -0.382 e. The van der Waals surface area contributed by atoms with Gasteiger partial charge in [0.15, 0.2) is 0 Å². The van der Waals surface area contributed by atoms with E-state index in [9.17, 15) is 4.39 Å². The number of anilines is 1. The Kier molecular flexibility index (Phi) is 2.25. The van der Waals surface area contributed by atoms with Crippen molar-refractivity contribution in [3.8, 4) is 5.69 Å². The van der Waals surface area contributed by atoms with Gasteiger partial charge in [0, 0.05) is 22.8 Å². The van der Waals surface area contributed by atoms with Gasteiger partial charge in [-0.25, -0.2) is 9.07 Å². The number of aromatic nitrogens is 2. The minimum atomic E-state index is -0.308. The molecule has 14 heavy (non-hydrogen) atoms. The molecule has 0 aliphatic rings. The van der Waals surface area contributed by atoms with Gasteiger partial charge in [-0.15, -0.1) is 0 Å². The van der Waals surface area contributed by atoms with Crippen LogP contribution in [0.2, 0.25) is 0 Å². The van der Waals surface area contributed by atoms with Crippen LogP contribution in [0.5, 0.6) is 0 Å². The highest BCUT2D eigenvalue weighted by atomic mass is 79.9. The summed E-state index contributed by atoms with van der Waals surface area (Å²) < 4.78 is 15.2. The zero-order chi connectivity index (χ0) is 10.1. The molecule has 1 aromatic heterocycles. The van der Waals surface area contributed by atoms with Crippen LogP contribution in [0.4, 0.5) is 10.2 Å². The number of halogens is 2. The fourth-order valence-electron chi connectivity index (χ4n) is 1.13. The smallest absolute Gasteiger partial charge is 0.145 e. The molecule has 2 rings (SSSR count). The highest BCUT2D eigenvalue weighted by molar-refractivity contribution is 9.10. The summed E-state index contributed by atoms with van der Waals surface area (Å²) in [5, 5.41) is 3.98. The van der Waals surface area contributed by atoms with Gasteiger partial charge in [0.25, 0.3) is 0 Å². The SMILES string of the molecule is Nc1ccn(-c2cc(F)ccc2Br)n1. The zero-order valence-electron chi connectivity index (χ0n) is 7.11. The molecule has 0 fully saturated rings. The summed E-state index contributed by atoms with van der Waals surface area (Å²) in [6, 6.07) is 6.04. The molecule has 0 amide bonds. The summed E-state index contributed by atoms with van der Waals surface area (Å²) in [5.41, 5.74) is 6.09. The molecule has 0 atom stereocenters. The standard InChI is InChI=1S/C9H7BrFN3/c10-7-2-1-6(11)5-8(7)14-4-3-9(12)13-14/h1-5H,(H2,12,13). The van der Waals surface area contributed by atoms with Crippen molar-refractivity contribution in [2.24, 2.45) is 0 Å². The average molecular weight is 256 g/mol. The lowest BCUT2D eigenvalue weighted by atomic mass is 10.3. The van der Waals surface area contributed by atoms with Crippen LogP contribution in [0.1, 0.15) is 0 Å². The lowest BCUT2D eigenvalue weighted by Crippen LogP contribution is -1.97. The number of hydrogen-bond donors (Lipinski definition) is 1. The number of nitrogens with zero attached hydrogens (tertiary/aromatic N) is 2. The maximum Gasteiger partial charge on any atom is 0.145 e. The lowest BCUT2D eigenvalue weighted by Gasteiger charge is -2.03. The first-order valence-corrected chi connectivity index (χ1v) is 4.73. The first-order chi connectivity index (χ1) is 6.66.